The molecule has 3 aliphatic heterocycles. The number of likely N-dealkylation sites (tertiary alicyclic amines) is 1. The molecule has 2 N–H and O–H groups in total. The molecule has 8 nitrogen and oxygen atoms in total. The van der Waals surface area contributed by atoms with Crippen molar-refractivity contribution in [3.05, 3.63) is 100 Å². The highest BCUT2D eigenvalue weighted by Gasteiger charge is 2.53. The number of fused-ring (bicyclic) bond motifs is 1. The number of urea groups is 1. The highest BCUT2D eigenvalue weighted by molar-refractivity contribution is 6.31. The minimum atomic E-state index is -0.909. The van der Waals surface area contributed by atoms with E-state index < -0.39 is 17.2 Å². The molecule has 2 atom stereocenters. The fraction of sp³-hybridized carbons (Fsp3) is 0.226. The fourth-order valence-corrected chi connectivity index (χ4v) is 6.56. The van der Waals surface area contributed by atoms with E-state index in [1.54, 1.807) is 47.4 Å². The third-order valence-electron chi connectivity index (χ3n) is 8.08. The van der Waals surface area contributed by atoms with Crippen molar-refractivity contribution >= 4 is 64.0 Å². The Morgan fingerprint density at radius 2 is 1.68 bits per heavy atom. The predicted octanol–water partition coefficient (Wildman–Crippen LogP) is 5.80. The van der Waals surface area contributed by atoms with Crippen molar-refractivity contribution in [1.82, 2.24) is 4.90 Å². The van der Waals surface area contributed by atoms with E-state index in [4.69, 9.17) is 23.2 Å². The molecule has 0 bridgehead atoms. The second kappa shape index (κ2) is 10.7. The van der Waals surface area contributed by atoms with Gasteiger partial charge in [0.2, 0.25) is 5.91 Å². The van der Waals surface area contributed by atoms with Crippen LogP contribution >= 0.6 is 23.2 Å². The molecular weight excluding hydrogens is 563 g/mol. The lowest BCUT2D eigenvalue weighted by molar-refractivity contribution is -0.123. The van der Waals surface area contributed by atoms with E-state index in [1.165, 1.54) is 12.2 Å². The number of carbonyl (C=O) groups excluding carboxylic acids is 4. The molecular formula is C31H26Cl2N4O4. The highest BCUT2D eigenvalue weighted by atomic mass is 35.5. The number of nitrogens with zero attached hydrogens (tertiary/aromatic N) is 2. The molecule has 208 valence electrons. The molecule has 3 heterocycles. The summed E-state index contributed by atoms with van der Waals surface area (Å²) >= 11 is 12.6. The number of hydrogen-bond acceptors (Lipinski definition) is 4. The van der Waals surface area contributed by atoms with Crippen molar-refractivity contribution in [3.8, 4) is 0 Å². The number of imide groups is 1. The van der Waals surface area contributed by atoms with Crippen LogP contribution in [0.1, 0.15) is 24.0 Å². The van der Waals surface area contributed by atoms with Crippen LogP contribution in [-0.2, 0) is 26.2 Å². The third-order valence-corrected chi connectivity index (χ3v) is 8.55. The van der Waals surface area contributed by atoms with Crippen LogP contribution in [0.4, 0.5) is 21.9 Å². The number of anilines is 3. The topological polar surface area (TPSA) is 98.8 Å². The van der Waals surface area contributed by atoms with Crippen LogP contribution in [0.15, 0.2) is 78.9 Å². The lowest BCUT2D eigenvalue weighted by Crippen LogP contribution is -2.52. The monoisotopic (exact) mass is 588 g/mol. The molecule has 2 unspecified atom stereocenters. The highest BCUT2D eigenvalue weighted by Crippen LogP contribution is 2.49. The molecule has 3 aromatic rings. The summed E-state index contributed by atoms with van der Waals surface area (Å²) in [5.41, 5.74) is 2.54. The van der Waals surface area contributed by atoms with E-state index in [0.717, 1.165) is 28.9 Å². The Bertz CT molecular complexity index is 1590. The number of carbonyl (C=O) groups is 4. The van der Waals surface area contributed by atoms with Crippen molar-refractivity contribution in [3.63, 3.8) is 0 Å². The van der Waals surface area contributed by atoms with Crippen LogP contribution in [-0.4, -0.2) is 41.7 Å². The van der Waals surface area contributed by atoms with Gasteiger partial charge in [-0.15, -0.1) is 0 Å². The van der Waals surface area contributed by atoms with Gasteiger partial charge in [0.15, 0.2) is 0 Å². The van der Waals surface area contributed by atoms with E-state index in [0.29, 0.717) is 46.6 Å². The van der Waals surface area contributed by atoms with Crippen LogP contribution in [0.2, 0.25) is 10.0 Å². The SMILES string of the molecule is O=C(Nc1ccc(N2C(=O)C=CC2=O)cc1)N1CCCC(C2(Cc3cccc(Cl)c3)C(=O)Nc3cc(Cl)ccc32)C1. The number of amides is 5. The standard InChI is InChI=1S/C31H26Cl2N4O4/c32-21-5-1-3-19(15-21)17-31(25-11-6-22(33)16-26(25)35-29(31)40)20-4-2-14-36(18-20)30(41)34-23-7-9-24(10-8-23)37-27(38)12-13-28(37)39/h1,3,5-13,15-16,20H,2,4,14,17-18H2,(H,34,41)(H,35,40). The quantitative estimate of drug-likeness (QED) is 0.368. The number of halogens is 2. The van der Waals surface area contributed by atoms with Gasteiger partial charge in [0.05, 0.1) is 11.1 Å². The zero-order valence-electron chi connectivity index (χ0n) is 21.9. The van der Waals surface area contributed by atoms with Crippen molar-refractivity contribution in [2.24, 2.45) is 5.92 Å². The maximum atomic E-state index is 13.8. The Morgan fingerprint density at radius 1 is 0.951 bits per heavy atom. The number of piperidine rings is 1. The largest absolute Gasteiger partial charge is 0.325 e. The summed E-state index contributed by atoms with van der Waals surface area (Å²) in [6.45, 7) is 0.924. The van der Waals surface area contributed by atoms with E-state index in [2.05, 4.69) is 10.6 Å². The number of benzene rings is 3. The minimum Gasteiger partial charge on any atom is -0.325 e. The van der Waals surface area contributed by atoms with Crippen LogP contribution in [0.25, 0.3) is 0 Å². The first-order valence-corrected chi connectivity index (χ1v) is 14.1. The van der Waals surface area contributed by atoms with Crippen molar-refractivity contribution in [2.75, 3.05) is 28.6 Å². The van der Waals surface area contributed by atoms with Gasteiger partial charge in [0, 0.05) is 46.7 Å². The normalized spacial score (nSPS) is 21.7. The van der Waals surface area contributed by atoms with Gasteiger partial charge in [-0.3, -0.25) is 14.4 Å². The van der Waals surface area contributed by atoms with Crippen molar-refractivity contribution < 1.29 is 19.2 Å². The first-order valence-electron chi connectivity index (χ1n) is 13.3. The molecule has 0 radical (unpaired) electrons. The van der Waals surface area contributed by atoms with Crippen LogP contribution in [0.5, 0.6) is 0 Å². The molecule has 41 heavy (non-hydrogen) atoms. The summed E-state index contributed by atoms with van der Waals surface area (Å²) in [6.07, 6.45) is 4.37. The predicted molar refractivity (Wildman–Crippen MR) is 158 cm³/mol. The van der Waals surface area contributed by atoms with Gasteiger partial charge in [-0.2, -0.15) is 0 Å². The zero-order valence-corrected chi connectivity index (χ0v) is 23.4. The molecule has 0 aromatic heterocycles. The van der Waals surface area contributed by atoms with Gasteiger partial charge in [-0.25, -0.2) is 9.69 Å². The fourth-order valence-electron chi connectivity index (χ4n) is 6.17. The van der Waals surface area contributed by atoms with E-state index in [1.807, 2.05) is 24.3 Å². The summed E-state index contributed by atoms with van der Waals surface area (Å²) in [5.74, 6) is -1.08. The summed E-state index contributed by atoms with van der Waals surface area (Å²) in [6, 6.07) is 19.2. The average Bonchev–Trinajstić information content (AvgIpc) is 3.43. The molecule has 1 saturated heterocycles. The van der Waals surface area contributed by atoms with Crippen molar-refractivity contribution in [2.45, 2.75) is 24.7 Å². The second-order valence-corrected chi connectivity index (χ2v) is 11.4. The van der Waals surface area contributed by atoms with E-state index in [9.17, 15) is 19.2 Å². The molecule has 0 spiro atoms. The van der Waals surface area contributed by atoms with Crippen LogP contribution in [0.3, 0.4) is 0 Å². The third kappa shape index (κ3) is 4.98. The average molecular weight is 589 g/mol. The van der Waals surface area contributed by atoms with Gasteiger partial charge in [0.1, 0.15) is 0 Å². The Morgan fingerprint density at radius 3 is 2.41 bits per heavy atom. The molecule has 10 heteroatoms. The van der Waals surface area contributed by atoms with Crippen molar-refractivity contribution in [1.29, 1.82) is 0 Å². The molecule has 6 rings (SSSR count). The summed E-state index contributed by atoms with van der Waals surface area (Å²) in [4.78, 5) is 54.0. The number of rotatable bonds is 5. The molecule has 3 aliphatic rings. The lowest BCUT2D eigenvalue weighted by Gasteiger charge is -2.42. The summed E-state index contributed by atoms with van der Waals surface area (Å²) in [5, 5.41) is 7.10. The number of hydrogen-bond donors (Lipinski definition) is 2. The summed E-state index contributed by atoms with van der Waals surface area (Å²) < 4.78 is 0. The minimum absolute atomic E-state index is 0.113. The van der Waals surface area contributed by atoms with E-state index >= 15 is 0 Å². The Labute approximate surface area is 246 Å². The summed E-state index contributed by atoms with van der Waals surface area (Å²) in [7, 11) is 0. The van der Waals surface area contributed by atoms with Gasteiger partial charge in [-0.1, -0.05) is 41.4 Å². The first kappa shape index (κ1) is 27.1. The molecule has 0 aliphatic carbocycles. The molecule has 5 amide bonds. The number of nitrogens with one attached hydrogen (secondary N) is 2. The maximum Gasteiger partial charge on any atom is 0.321 e. The lowest BCUT2D eigenvalue weighted by atomic mass is 9.65. The van der Waals surface area contributed by atoms with Crippen LogP contribution < -0.4 is 15.5 Å². The second-order valence-electron chi connectivity index (χ2n) is 10.5. The Kier molecular flexibility index (Phi) is 7.05. The Balaban J connectivity index is 1.24. The van der Waals surface area contributed by atoms with Gasteiger partial charge in [0.25, 0.3) is 11.8 Å². The molecule has 1 fully saturated rings. The van der Waals surface area contributed by atoms with Gasteiger partial charge >= 0.3 is 6.03 Å². The smallest absolute Gasteiger partial charge is 0.321 e. The van der Waals surface area contributed by atoms with Gasteiger partial charge in [-0.05, 0) is 84.8 Å². The Hall–Kier alpha value is -4.14. The molecule has 3 aromatic carbocycles. The van der Waals surface area contributed by atoms with Gasteiger partial charge < -0.3 is 15.5 Å². The van der Waals surface area contributed by atoms with Crippen LogP contribution in [0, 0.1) is 5.92 Å². The first-order chi connectivity index (χ1) is 19.7. The molecule has 0 saturated carbocycles. The maximum absolute atomic E-state index is 13.8. The van der Waals surface area contributed by atoms with E-state index in [-0.39, 0.29) is 17.9 Å². The zero-order chi connectivity index (χ0) is 28.7.